The van der Waals surface area contributed by atoms with Gasteiger partial charge in [-0.3, -0.25) is 0 Å². The first kappa shape index (κ1) is 37.9. The Hall–Kier alpha value is -4.88. The SMILES string of the molecule is C=C(C)[C@@H]1CC2(CCN(C(=O)Nc3ccc(C(C)C)cc3)CC2)[C@@H](Cc2ccccc2)O[C@H]1c1cc(C(C)(C)c2ccccc2)ccc1OCC(=O)O. The van der Waals surface area contributed by atoms with Gasteiger partial charge in [-0.15, -0.1) is 0 Å². The molecule has 7 heteroatoms. The molecule has 0 unspecified atom stereocenters. The van der Waals surface area contributed by atoms with Crippen molar-refractivity contribution in [1.82, 2.24) is 4.90 Å². The minimum absolute atomic E-state index is 0.0517. The van der Waals surface area contributed by atoms with Crippen molar-refractivity contribution in [2.24, 2.45) is 11.3 Å². The van der Waals surface area contributed by atoms with Crippen molar-refractivity contribution in [3.63, 3.8) is 0 Å². The van der Waals surface area contributed by atoms with Crippen LogP contribution in [0.5, 0.6) is 5.75 Å². The van der Waals surface area contributed by atoms with E-state index in [9.17, 15) is 14.7 Å². The highest BCUT2D eigenvalue weighted by Crippen LogP contribution is 2.55. The summed E-state index contributed by atoms with van der Waals surface area (Å²) in [5.74, 6) is -0.145. The predicted octanol–water partition coefficient (Wildman–Crippen LogP) is 10.2. The van der Waals surface area contributed by atoms with Crippen LogP contribution in [-0.2, 0) is 21.4 Å². The third-order valence-corrected chi connectivity index (χ3v) is 11.6. The van der Waals surface area contributed by atoms with E-state index in [-0.39, 0.29) is 28.9 Å². The molecule has 2 aliphatic heterocycles. The van der Waals surface area contributed by atoms with E-state index < -0.39 is 18.7 Å². The van der Waals surface area contributed by atoms with Gasteiger partial charge in [0.2, 0.25) is 0 Å². The van der Waals surface area contributed by atoms with Crippen LogP contribution in [-0.4, -0.2) is 47.8 Å². The highest BCUT2D eigenvalue weighted by molar-refractivity contribution is 5.89. The number of nitrogens with zero attached hydrogens (tertiary/aromatic N) is 1. The maximum atomic E-state index is 13.5. The molecule has 6 rings (SSSR count). The number of anilines is 1. The molecule has 4 aromatic carbocycles. The second kappa shape index (κ2) is 16.0. The summed E-state index contributed by atoms with van der Waals surface area (Å²) < 4.78 is 13.4. The van der Waals surface area contributed by atoms with Crippen molar-refractivity contribution < 1.29 is 24.2 Å². The van der Waals surface area contributed by atoms with Crippen molar-refractivity contribution in [2.75, 3.05) is 25.0 Å². The summed E-state index contributed by atoms with van der Waals surface area (Å²) in [5, 5.41) is 12.7. The molecule has 1 spiro atoms. The number of hydrogen-bond acceptors (Lipinski definition) is 4. The lowest BCUT2D eigenvalue weighted by Crippen LogP contribution is -2.54. The van der Waals surface area contributed by atoms with E-state index in [4.69, 9.17) is 9.47 Å². The van der Waals surface area contributed by atoms with Crippen LogP contribution >= 0.6 is 0 Å². The second-order valence-corrected chi connectivity index (χ2v) is 15.9. The van der Waals surface area contributed by atoms with Crippen LogP contribution in [0, 0.1) is 11.3 Å². The lowest BCUT2D eigenvalue weighted by atomic mass is 9.62. The molecule has 0 radical (unpaired) electrons. The molecular weight excluding hydrogens is 661 g/mol. The quantitative estimate of drug-likeness (QED) is 0.151. The number of aliphatic carboxylic acids is 1. The fraction of sp³-hybridized carbons (Fsp3) is 0.391. The molecule has 2 fully saturated rings. The van der Waals surface area contributed by atoms with Crippen LogP contribution in [0.2, 0.25) is 0 Å². The summed E-state index contributed by atoms with van der Waals surface area (Å²) in [4.78, 5) is 27.2. The Morgan fingerprint density at radius 1 is 0.943 bits per heavy atom. The van der Waals surface area contributed by atoms with Crippen LogP contribution in [0.15, 0.2) is 115 Å². The first-order chi connectivity index (χ1) is 25.4. The van der Waals surface area contributed by atoms with E-state index in [0.29, 0.717) is 24.8 Å². The summed E-state index contributed by atoms with van der Waals surface area (Å²) in [6, 6.07) is 35.0. The van der Waals surface area contributed by atoms with Gasteiger partial charge in [0.15, 0.2) is 6.61 Å². The Balaban J connectivity index is 1.32. The molecule has 53 heavy (non-hydrogen) atoms. The Labute approximate surface area is 315 Å². The average Bonchev–Trinajstić information content (AvgIpc) is 3.15. The van der Waals surface area contributed by atoms with Crippen LogP contribution in [0.4, 0.5) is 10.5 Å². The van der Waals surface area contributed by atoms with Gasteiger partial charge in [0.05, 0.1) is 12.2 Å². The fourth-order valence-corrected chi connectivity index (χ4v) is 8.20. The summed E-state index contributed by atoms with van der Waals surface area (Å²) in [5.41, 5.74) is 6.81. The summed E-state index contributed by atoms with van der Waals surface area (Å²) >= 11 is 0. The molecule has 2 amide bonds. The summed E-state index contributed by atoms with van der Waals surface area (Å²) in [6.45, 7) is 16.1. The molecule has 0 bridgehead atoms. The molecule has 2 aliphatic rings. The number of carbonyl (C=O) groups excluding carboxylic acids is 1. The third-order valence-electron chi connectivity index (χ3n) is 11.6. The van der Waals surface area contributed by atoms with Gasteiger partial charge < -0.3 is 24.8 Å². The van der Waals surface area contributed by atoms with E-state index >= 15 is 0 Å². The van der Waals surface area contributed by atoms with Crippen molar-refractivity contribution in [3.05, 3.63) is 143 Å². The Kier molecular flexibility index (Phi) is 11.4. The zero-order valence-corrected chi connectivity index (χ0v) is 31.8. The van der Waals surface area contributed by atoms with E-state index in [0.717, 1.165) is 48.1 Å². The van der Waals surface area contributed by atoms with Crippen LogP contribution < -0.4 is 10.1 Å². The standard InChI is InChI=1S/C46H54N2O5/c1-31(2)34-17-20-37(21-18-34)47-44(51)48-25-23-46(24-26-48)29-39(32(3)4)43(53-41(46)27-33-13-9-7-10-14-33)38-28-36(19-22-40(38)52-30-42(49)50)45(5,6)35-15-11-8-12-16-35/h7-22,28,31,39,41,43H,3,23-27,29-30H2,1-2,4-6H3,(H,47,51)(H,49,50)/t39-,41+,43-/m0/s1. The molecule has 0 aliphatic carbocycles. The van der Waals surface area contributed by atoms with Crippen molar-refractivity contribution in [1.29, 1.82) is 0 Å². The summed E-state index contributed by atoms with van der Waals surface area (Å²) in [6.07, 6.45) is 2.58. The van der Waals surface area contributed by atoms with Gasteiger partial charge in [0, 0.05) is 41.1 Å². The van der Waals surface area contributed by atoms with Gasteiger partial charge in [0.1, 0.15) is 5.75 Å². The number of urea groups is 1. The van der Waals surface area contributed by atoms with Crippen molar-refractivity contribution in [3.8, 4) is 5.75 Å². The number of carboxylic acid groups (broad SMARTS) is 1. The van der Waals surface area contributed by atoms with E-state index in [1.165, 1.54) is 16.7 Å². The number of rotatable bonds is 11. The molecule has 2 saturated heterocycles. The minimum atomic E-state index is -1.03. The number of carbonyl (C=O) groups is 2. The number of ether oxygens (including phenoxy) is 2. The second-order valence-electron chi connectivity index (χ2n) is 15.9. The molecule has 4 aromatic rings. The molecule has 278 valence electrons. The average molecular weight is 715 g/mol. The summed E-state index contributed by atoms with van der Waals surface area (Å²) in [7, 11) is 0. The number of nitrogens with one attached hydrogen (secondary N) is 1. The highest BCUT2D eigenvalue weighted by atomic mass is 16.5. The number of benzene rings is 4. The van der Waals surface area contributed by atoms with E-state index in [1.807, 2.05) is 41.3 Å². The Morgan fingerprint density at radius 3 is 2.19 bits per heavy atom. The first-order valence-corrected chi connectivity index (χ1v) is 18.9. The smallest absolute Gasteiger partial charge is 0.341 e. The zero-order chi connectivity index (χ0) is 37.8. The van der Waals surface area contributed by atoms with Gasteiger partial charge in [-0.25, -0.2) is 9.59 Å². The molecule has 2 N–H and O–H groups in total. The van der Waals surface area contributed by atoms with Crippen molar-refractivity contribution >= 4 is 17.7 Å². The zero-order valence-electron chi connectivity index (χ0n) is 31.8. The third kappa shape index (κ3) is 8.52. The van der Waals surface area contributed by atoms with E-state index in [1.54, 1.807) is 0 Å². The largest absolute Gasteiger partial charge is 0.482 e. The monoisotopic (exact) mass is 714 g/mol. The van der Waals surface area contributed by atoms with Crippen LogP contribution in [0.3, 0.4) is 0 Å². The molecular formula is C46H54N2O5. The lowest BCUT2D eigenvalue weighted by molar-refractivity contribution is -0.167. The predicted molar refractivity (Wildman–Crippen MR) is 212 cm³/mol. The lowest BCUT2D eigenvalue weighted by Gasteiger charge is -2.54. The van der Waals surface area contributed by atoms with Gasteiger partial charge in [-0.1, -0.05) is 119 Å². The first-order valence-electron chi connectivity index (χ1n) is 18.9. The molecule has 7 nitrogen and oxygen atoms in total. The fourth-order valence-electron chi connectivity index (χ4n) is 8.20. The normalized spacial score (nSPS) is 19.9. The molecule has 2 heterocycles. The Bertz CT molecular complexity index is 1880. The highest BCUT2D eigenvalue weighted by Gasteiger charge is 2.51. The van der Waals surface area contributed by atoms with Crippen molar-refractivity contribution in [2.45, 2.75) is 83.8 Å². The topological polar surface area (TPSA) is 88.1 Å². The van der Waals surface area contributed by atoms with Gasteiger partial charge in [0.25, 0.3) is 0 Å². The van der Waals surface area contributed by atoms with Crippen LogP contribution in [0.25, 0.3) is 0 Å². The number of hydrogen-bond donors (Lipinski definition) is 2. The van der Waals surface area contributed by atoms with E-state index in [2.05, 4.69) is 113 Å². The number of carboxylic acids is 1. The minimum Gasteiger partial charge on any atom is -0.482 e. The van der Waals surface area contributed by atoms with Gasteiger partial charge >= 0.3 is 12.0 Å². The number of amides is 2. The molecule has 0 aromatic heterocycles. The van der Waals surface area contributed by atoms with Gasteiger partial charge in [-0.2, -0.15) is 0 Å². The molecule has 3 atom stereocenters. The van der Waals surface area contributed by atoms with Crippen LogP contribution in [0.1, 0.15) is 93.7 Å². The number of likely N-dealkylation sites (tertiary alicyclic amines) is 1. The molecule has 0 saturated carbocycles. The Morgan fingerprint density at radius 2 is 1.58 bits per heavy atom. The maximum absolute atomic E-state index is 13.5. The maximum Gasteiger partial charge on any atom is 0.341 e. The number of piperidine rings is 1. The van der Waals surface area contributed by atoms with Gasteiger partial charge in [-0.05, 0) is 85.0 Å².